The lowest BCUT2D eigenvalue weighted by Gasteiger charge is -2.32. The lowest BCUT2D eigenvalue weighted by Crippen LogP contribution is -2.38. The first-order valence-corrected chi connectivity index (χ1v) is 9.62. The van der Waals surface area contributed by atoms with Crippen LogP contribution in [0.3, 0.4) is 0 Å². The van der Waals surface area contributed by atoms with Gasteiger partial charge in [0.25, 0.3) is 0 Å². The molecule has 0 bridgehead atoms. The minimum Gasteiger partial charge on any atom is -0.496 e. The molecule has 0 aliphatic heterocycles. The van der Waals surface area contributed by atoms with Crippen LogP contribution in [0.5, 0.6) is 5.75 Å². The maximum Gasteiger partial charge on any atom is 0.163 e. The third-order valence-corrected chi connectivity index (χ3v) is 6.02. The van der Waals surface area contributed by atoms with E-state index in [9.17, 15) is 19.2 Å². The van der Waals surface area contributed by atoms with Crippen LogP contribution in [0.2, 0.25) is 0 Å². The summed E-state index contributed by atoms with van der Waals surface area (Å²) in [5, 5.41) is 0. The molecular formula is C22H26O5. The van der Waals surface area contributed by atoms with E-state index in [4.69, 9.17) is 4.74 Å². The van der Waals surface area contributed by atoms with Crippen LogP contribution in [0.15, 0.2) is 0 Å². The number of hydrogen-bond acceptors (Lipinski definition) is 5. The van der Waals surface area contributed by atoms with Crippen molar-refractivity contribution in [2.45, 2.75) is 65.2 Å². The molecule has 27 heavy (non-hydrogen) atoms. The smallest absolute Gasteiger partial charge is 0.163 e. The Bertz CT molecular complexity index is 831. The Balaban J connectivity index is 2.11. The van der Waals surface area contributed by atoms with E-state index in [0.717, 1.165) is 35.1 Å². The number of rotatable bonds is 4. The zero-order valence-electron chi connectivity index (χ0n) is 16.4. The molecule has 0 heterocycles. The zero-order valence-corrected chi connectivity index (χ0v) is 16.4. The minimum atomic E-state index is -1.10. The fourth-order valence-electron chi connectivity index (χ4n) is 4.89. The molecule has 1 aromatic rings. The van der Waals surface area contributed by atoms with Gasteiger partial charge in [0, 0.05) is 36.8 Å². The van der Waals surface area contributed by atoms with Crippen molar-refractivity contribution in [1.82, 2.24) is 0 Å². The van der Waals surface area contributed by atoms with Gasteiger partial charge in [-0.05, 0) is 49.3 Å². The largest absolute Gasteiger partial charge is 0.496 e. The normalized spacial score (nSPS) is 22.6. The number of fused-ring (bicyclic) bond motifs is 1. The van der Waals surface area contributed by atoms with Crippen LogP contribution in [0.4, 0.5) is 0 Å². The van der Waals surface area contributed by atoms with Gasteiger partial charge in [-0.2, -0.15) is 0 Å². The van der Waals surface area contributed by atoms with Gasteiger partial charge in [-0.25, -0.2) is 0 Å². The van der Waals surface area contributed by atoms with Crippen molar-refractivity contribution in [2.75, 3.05) is 7.11 Å². The second-order valence-electron chi connectivity index (χ2n) is 7.62. The molecule has 0 spiro atoms. The average Bonchev–Trinajstić information content (AvgIpc) is 2.61. The summed E-state index contributed by atoms with van der Waals surface area (Å²) in [6.45, 7) is 5.50. The van der Waals surface area contributed by atoms with Gasteiger partial charge >= 0.3 is 0 Å². The molecule has 2 aliphatic rings. The van der Waals surface area contributed by atoms with E-state index in [2.05, 4.69) is 0 Å². The van der Waals surface area contributed by atoms with Crippen molar-refractivity contribution in [2.24, 2.45) is 5.92 Å². The van der Waals surface area contributed by atoms with E-state index < -0.39 is 5.92 Å². The van der Waals surface area contributed by atoms with Crippen molar-refractivity contribution in [3.8, 4) is 5.75 Å². The van der Waals surface area contributed by atoms with Gasteiger partial charge in [0.05, 0.1) is 7.11 Å². The van der Waals surface area contributed by atoms with E-state index >= 15 is 0 Å². The molecule has 3 rings (SSSR count). The first-order chi connectivity index (χ1) is 12.8. The first kappa shape index (κ1) is 19.5. The number of hydrogen-bond donors (Lipinski definition) is 0. The Morgan fingerprint density at radius 2 is 1.67 bits per heavy atom. The number of benzene rings is 1. The summed E-state index contributed by atoms with van der Waals surface area (Å²) in [5.41, 5.74) is 4.31. The number of ketones is 4. The molecule has 0 unspecified atom stereocenters. The van der Waals surface area contributed by atoms with E-state index in [-0.39, 0.29) is 48.3 Å². The third-order valence-electron chi connectivity index (χ3n) is 6.02. The highest BCUT2D eigenvalue weighted by Crippen LogP contribution is 2.44. The number of ether oxygens (including phenoxy) is 1. The molecular weight excluding hydrogens is 344 g/mol. The Morgan fingerprint density at radius 1 is 1.04 bits per heavy atom. The van der Waals surface area contributed by atoms with Crippen molar-refractivity contribution in [3.05, 3.63) is 27.8 Å². The molecule has 0 amide bonds. The highest BCUT2D eigenvalue weighted by molar-refractivity contribution is 6.21. The number of methoxy groups -OCH3 is 1. The summed E-state index contributed by atoms with van der Waals surface area (Å²) in [6.07, 6.45) is 2.56. The van der Waals surface area contributed by atoms with Crippen molar-refractivity contribution in [1.29, 1.82) is 0 Å². The summed E-state index contributed by atoms with van der Waals surface area (Å²) in [5.74, 6) is -1.52. The van der Waals surface area contributed by atoms with E-state index in [1.807, 2.05) is 13.8 Å². The zero-order chi connectivity index (χ0) is 19.9. The predicted molar refractivity (Wildman–Crippen MR) is 101 cm³/mol. The van der Waals surface area contributed by atoms with Gasteiger partial charge in [0.1, 0.15) is 11.7 Å². The summed E-state index contributed by atoms with van der Waals surface area (Å²) >= 11 is 0. The lowest BCUT2D eigenvalue weighted by atomic mass is 9.70. The van der Waals surface area contributed by atoms with Crippen LogP contribution >= 0.6 is 0 Å². The van der Waals surface area contributed by atoms with Gasteiger partial charge in [-0.1, -0.05) is 6.92 Å². The summed E-state index contributed by atoms with van der Waals surface area (Å²) in [4.78, 5) is 49.8. The Hall–Kier alpha value is -2.30. The quantitative estimate of drug-likeness (QED) is 0.759. The molecule has 1 fully saturated rings. The fraction of sp³-hybridized carbons (Fsp3) is 0.545. The fourth-order valence-corrected chi connectivity index (χ4v) is 4.89. The summed E-state index contributed by atoms with van der Waals surface area (Å²) in [6, 6.07) is 0. The highest BCUT2D eigenvalue weighted by atomic mass is 16.5. The molecule has 1 saturated carbocycles. The van der Waals surface area contributed by atoms with Crippen molar-refractivity contribution in [3.63, 3.8) is 0 Å². The van der Waals surface area contributed by atoms with Gasteiger partial charge in [0.2, 0.25) is 0 Å². The van der Waals surface area contributed by atoms with Crippen LogP contribution in [0.1, 0.15) is 77.6 Å². The Morgan fingerprint density at radius 3 is 2.22 bits per heavy atom. The van der Waals surface area contributed by atoms with Gasteiger partial charge in [0.15, 0.2) is 23.1 Å². The Kier molecular flexibility index (Phi) is 5.31. The molecule has 0 saturated heterocycles. The topological polar surface area (TPSA) is 77.5 Å². The molecule has 0 N–H and O–H groups in total. The predicted octanol–water partition coefficient (Wildman–Crippen LogP) is 3.44. The minimum absolute atomic E-state index is 0.0980. The molecule has 0 aromatic heterocycles. The van der Waals surface area contributed by atoms with Gasteiger partial charge in [-0.3, -0.25) is 19.2 Å². The van der Waals surface area contributed by atoms with E-state index in [1.54, 1.807) is 14.0 Å². The summed E-state index contributed by atoms with van der Waals surface area (Å²) in [7, 11) is 1.58. The first-order valence-electron chi connectivity index (χ1n) is 9.62. The molecule has 5 heteroatoms. The van der Waals surface area contributed by atoms with Crippen molar-refractivity contribution < 1.29 is 23.9 Å². The van der Waals surface area contributed by atoms with Gasteiger partial charge < -0.3 is 4.74 Å². The molecule has 0 atom stereocenters. The highest BCUT2D eigenvalue weighted by Gasteiger charge is 2.41. The SMILES string of the molecule is CCC(=O)C1C(=O)CC(c2c(C)c(OC)c(C)c3c2CCCC3=O)CC1=O. The van der Waals surface area contributed by atoms with Crippen LogP contribution in [-0.2, 0) is 20.8 Å². The molecule has 0 radical (unpaired) electrons. The second-order valence-corrected chi connectivity index (χ2v) is 7.62. The van der Waals surface area contributed by atoms with Crippen LogP contribution < -0.4 is 4.74 Å². The number of carbonyl (C=O) groups is 4. The van der Waals surface area contributed by atoms with E-state index in [0.29, 0.717) is 17.7 Å². The standard InChI is InChI=1S/C22H26O5/c1-5-15(23)21-17(25)9-13(10-18(21)26)19-11(2)22(27-4)12(3)20-14(19)7-6-8-16(20)24/h13,21H,5-10H2,1-4H3. The van der Waals surface area contributed by atoms with Crippen LogP contribution in [-0.4, -0.2) is 30.2 Å². The van der Waals surface area contributed by atoms with Crippen LogP contribution in [0, 0.1) is 19.8 Å². The van der Waals surface area contributed by atoms with Crippen LogP contribution in [0.25, 0.3) is 0 Å². The lowest BCUT2D eigenvalue weighted by molar-refractivity contribution is -0.142. The maximum absolute atomic E-state index is 12.6. The summed E-state index contributed by atoms with van der Waals surface area (Å²) < 4.78 is 5.58. The Labute approximate surface area is 159 Å². The molecule has 1 aromatic carbocycles. The van der Waals surface area contributed by atoms with Crippen molar-refractivity contribution >= 4 is 23.1 Å². The molecule has 144 valence electrons. The number of Topliss-reactive ketones (excluding diaryl/α,β-unsaturated/α-hetero) is 4. The number of carbonyl (C=O) groups excluding carboxylic acids is 4. The third kappa shape index (κ3) is 3.13. The van der Waals surface area contributed by atoms with E-state index in [1.165, 1.54) is 0 Å². The molecule has 5 nitrogen and oxygen atoms in total. The average molecular weight is 370 g/mol. The van der Waals surface area contributed by atoms with Gasteiger partial charge in [-0.15, -0.1) is 0 Å². The monoisotopic (exact) mass is 370 g/mol. The maximum atomic E-state index is 12.6. The molecule has 2 aliphatic carbocycles. The second kappa shape index (κ2) is 7.37.